The Morgan fingerprint density at radius 1 is 1.25 bits per heavy atom. The van der Waals surface area contributed by atoms with Gasteiger partial charge in [-0.2, -0.15) is 0 Å². The molecule has 104 valence electrons. The SMILES string of the molecule is CCNC(c1cc2cc(F)ccc2s1)c1ccsc1C. The lowest BCUT2D eigenvalue weighted by Gasteiger charge is -2.16. The van der Waals surface area contributed by atoms with E-state index in [0.29, 0.717) is 0 Å². The van der Waals surface area contributed by atoms with Crippen LogP contribution in [0.5, 0.6) is 0 Å². The first-order valence-electron chi connectivity index (χ1n) is 6.65. The molecule has 0 fully saturated rings. The lowest BCUT2D eigenvalue weighted by atomic mass is 10.1. The van der Waals surface area contributed by atoms with Gasteiger partial charge in [0.2, 0.25) is 0 Å². The Morgan fingerprint density at radius 3 is 2.80 bits per heavy atom. The standard InChI is InChI=1S/C16H16FNS2/c1-3-18-16(13-6-7-19-10(13)2)15-9-11-8-12(17)4-5-14(11)20-15/h4-9,16,18H,3H2,1-2H3. The molecule has 0 aliphatic carbocycles. The van der Waals surface area contributed by atoms with E-state index < -0.39 is 0 Å². The van der Waals surface area contributed by atoms with Crippen molar-refractivity contribution < 1.29 is 4.39 Å². The molecule has 1 nitrogen and oxygen atoms in total. The number of hydrogen-bond donors (Lipinski definition) is 1. The molecule has 0 aliphatic rings. The van der Waals surface area contributed by atoms with Crippen molar-refractivity contribution in [1.82, 2.24) is 5.32 Å². The summed E-state index contributed by atoms with van der Waals surface area (Å²) in [6, 6.07) is 9.49. The molecule has 2 aromatic heterocycles. The molecule has 0 aliphatic heterocycles. The summed E-state index contributed by atoms with van der Waals surface area (Å²) >= 11 is 3.50. The van der Waals surface area contributed by atoms with Gasteiger partial charge in [-0.15, -0.1) is 22.7 Å². The van der Waals surface area contributed by atoms with E-state index >= 15 is 0 Å². The summed E-state index contributed by atoms with van der Waals surface area (Å²) in [5.41, 5.74) is 1.32. The molecule has 0 radical (unpaired) electrons. The van der Waals surface area contributed by atoms with Gasteiger partial charge in [0.1, 0.15) is 5.82 Å². The van der Waals surface area contributed by atoms with Crippen LogP contribution < -0.4 is 5.32 Å². The van der Waals surface area contributed by atoms with Gasteiger partial charge < -0.3 is 5.32 Å². The zero-order valence-corrected chi connectivity index (χ0v) is 13.1. The van der Waals surface area contributed by atoms with Crippen LogP contribution >= 0.6 is 22.7 Å². The average Bonchev–Trinajstić information content (AvgIpc) is 3.01. The third kappa shape index (κ3) is 2.51. The molecule has 0 saturated heterocycles. The minimum Gasteiger partial charge on any atom is -0.306 e. The molecular weight excluding hydrogens is 289 g/mol. The molecule has 20 heavy (non-hydrogen) atoms. The van der Waals surface area contributed by atoms with Gasteiger partial charge in [-0.1, -0.05) is 6.92 Å². The van der Waals surface area contributed by atoms with E-state index in [1.165, 1.54) is 21.4 Å². The van der Waals surface area contributed by atoms with Gasteiger partial charge in [0.05, 0.1) is 6.04 Å². The normalized spacial score (nSPS) is 12.9. The van der Waals surface area contributed by atoms with Gasteiger partial charge in [0.15, 0.2) is 0 Å². The summed E-state index contributed by atoms with van der Waals surface area (Å²) in [4.78, 5) is 2.58. The largest absolute Gasteiger partial charge is 0.306 e. The Hall–Kier alpha value is -1.23. The first-order chi connectivity index (χ1) is 9.69. The Balaban J connectivity index is 2.07. The van der Waals surface area contributed by atoms with E-state index in [4.69, 9.17) is 0 Å². The molecule has 3 rings (SSSR count). The molecule has 1 atom stereocenters. The number of rotatable bonds is 4. The topological polar surface area (TPSA) is 12.0 Å². The number of aryl methyl sites for hydroxylation is 1. The predicted molar refractivity (Wildman–Crippen MR) is 86.4 cm³/mol. The fourth-order valence-electron chi connectivity index (χ4n) is 2.44. The van der Waals surface area contributed by atoms with Crippen molar-refractivity contribution in [3.05, 3.63) is 56.8 Å². The third-order valence-corrected chi connectivity index (χ3v) is 5.44. The van der Waals surface area contributed by atoms with Crippen molar-refractivity contribution >= 4 is 32.8 Å². The van der Waals surface area contributed by atoms with Crippen molar-refractivity contribution in [1.29, 1.82) is 0 Å². The van der Waals surface area contributed by atoms with Crippen LogP contribution in [0.4, 0.5) is 4.39 Å². The number of thiophene rings is 2. The number of benzene rings is 1. The van der Waals surface area contributed by atoms with Crippen molar-refractivity contribution in [2.24, 2.45) is 0 Å². The second kappa shape index (κ2) is 5.64. The van der Waals surface area contributed by atoms with Gasteiger partial charge in [-0.05, 0) is 60.1 Å². The molecule has 1 N–H and O–H groups in total. The second-order valence-corrected chi connectivity index (χ2v) is 6.99. The number of fused-ring (bicyclic) bond motifs is 1. The molecule has 3 aromatic rings. The van der Waals surface area contributed by atoms with E-state index in [1.54, 1.807) is 28.7 Å². The number of nitrogens with one attached hydrogen (secondary N) is 1. The van der Waals surface area contributed by atoms with Crippen molar-refractivity contribution in [3.63, 3.8) is 0 Å². The molecule has 1 aromatic carbocycles. The van der Waals surface area contributed by atoms with Crippen LogP contribution in [0.1, 0.15) is 28.3 Å². The maximum Gasteiger partial charge on any atom is 0.123 e. The van der Waals surface area contributed by atoms with Gasteiger partial charge in [-0.25, -0.2) is 4.39 Å². The molecule has 1 unspecified atom stereocenters. The Labute approximate surface area is 126 Å². The summed E-state index contributed by atoms with van der Waals surface area (Å²) < 4.78 is 14.5. The second-order valence-electron chi connectivity index (χ2n) is 4.75. The highest BCUT2D eigenvalue weighted by molar-refractivity contribution is 7.19. The van der Waals surface area contributed by atoms with Gasteiger partial charge in [0, 0.05) is 14.5 Å². The highest BCUT2D eigenvalue weighted by atomic mass is 32.1. The van der Waals surface area contributed by atoms with Crippen LogP contribution in [0.2, 0.25) is 0 Å². The maximum atomic E-state index is 13.3. The highest BCUT2D eigenvalue weighted by Crippen LogP contribution is 2.35. The van der Waals surface area contributed by atoms with E-state index in [1.807, 2.05) is 6.07 Å². The summed E-state index contributed by atoms with van der Waals surface area (Å²) in [5.74, 6) is -0.173. The third-order valence-electron chi connectivity index (χ3n) is 3.40. The van der Waals surface area contributed by atoms with E-state index in [9.17, 15) is 4.39 Å². The van der Waals surface area contributed by atoms with Crippen LogP contribution in [0.25, 0.3) is 10.1 Å². The van der Waals surface area contributed by atoms with Crippen LogP contribution in [-0.2, 0) is 0 Å². The summed E-state index contributed by atoms with van der Waals surface area (Å²) in [5, 5.41) is 6.65. The molecule has 0 saturated carbocycles. The number of hydrogen-bond acceptors (Lipinski definition) is 3. The summed E-state index contributed by atoms with van der Waals surface area (Å²) in [7, 11) is 0. The minimum atomic E-state index is -0.173. The van der Waals surface area contributed by atoms with Gasteiger partial charge >= 0.3 is 0 Å². The zero-order chi connectivity index (χ0) is 14.1. The maximum absolute atomic E-state index is 13.3. The zero-order valence-electron chi connectivity index (χ0n) is 11.4. The average molecular weight is 305 g/mol. The molecular formula is C16H16FNS2. The Bertz CT molecular complexity index is 729. The lowest BCUT2D eigenvalue weighted by Crippen LogP contribution is -2.21. The number of halogens is 1. The van der Waals surface area contributed by atoms with E-state index in [-0.39, 0.29) is 11.9 Å². The molecule has 0 bridgehead atoms. The van der Waals surface area contributed by atoms with Crippen molar-refractivity contribution in [2.75, 3.05) is 6.54 Å². The predicted octanol–water partition coefficient (Wildman–Crippen LogP) is 5.11. The molecule has 0 spiro atoms. The summed E-state index contributed by atoms with van der Waals surface area (Å²) in [6.45, 7) is 5.17. The van der Waals surface area contributed by atoms with E-state index in [2.05, 4.69) is 36.7 Å². The Morgan fingerprint density at radius 2 is 2.10 bits per heavy atom. The summed E-state index contributed by atoms with van der Waals surface area (Å²) in [6.07, 6.45) is 0. The quantitative estimate of drug-likeness (QED) is 0.706. The smallest absolute Gasteiger partial charge is 0.123 e. The van der Waals surface area contributed by atoms with Crippen LogP contribution in [0.15, 0.2) is 35.7 Å². The first kappa shape index (κ1) is 13.7. The Kier molecular flexibility index (Phi) is 3.87. The van der Waals surface area contributed by atoms with Crippen LogP contribution in [-0.4, -0.2) is 6.54 Å². The lowest BCUT2D eigenvalue weighted by molar-refractivity contribution is 0.629. The molecule has 2 heterocycles. The first-order valence-corrected chi connectivity index (χ1v) is 8.35. The van der Waals surface area contributed by atoms with Crippen LogP contribution in [0, 0.1) is 12.7 Å². The molecule has 0 amide bonds. The van der Waals surface area contributed by atoms with Gasteiger partial charge in [-0.3, -0.25) is 0 Å². The minimum absolute atomic E-state index is 0.173. The van der Waals surface area contributed by atoms with Crippen molar-refractivity contribution in [3.8, 4) is 0 Å². The molecule has 4 heteroatoms. The monoisotopic (exact) mass is 305 g/mol. The fourth-order valence-corrected chi connectivity index (χ4v) is 4.32. The van der Waals surface area contributed by atoms with Gasteiger partial charge in [0.25, 0.3) is 0 Å². The van der Waals surface area contributed by atoms with E-state index in [0.717, 1.165) is 16.6 Å². The van der Waals surface area contributed by atoms with Crippen molar-refractivity contribution in [2.45, 2.75) is 19.9 Å². The van der Waals surface area contributed by atoms with Crippen LogP contribution in [0.3, 0.4) is 0 Å². The fraction of sp³-hybridized carbons (Fsp3) is 0.250. The highest BCUT2D eigenvalue weighted by Gasteiger charge is 2.18.